The summed E-state index contributed by atoms with van der Waals surface area (Å²) in [4.78, 5) is 1.04. The second-order valence-electron chi connectivity index (χ2n) is 4.62. The summed E-state index contributed by atoms with van der Waals surface area (Å²) >= 11 is 1.59. The molecule has 2 N–H and O–H groups in total. The zero-order valence-corrected chi connectivity index (χ0v) is 13.3. The molecule has 0 aliphatic rings. The Kier molecular flexibility index (Phi) is 6.68. The SMILES string of the molecule is CSc1cccc(NS(=O)(=O)CCCNC(C)C)c1. The molecule has 0 spiro atoms. The van der Waals surface area contributed by atoms with Gasteiger partial charge in [0.05, 0.1) is 5.75 Å². The summed E-state index contributed by atoms with van der Waals surface area (Å²) in [6.07, 6.45) is 2.57. The first-order valence-electron chi connectivity index (χ1n) is 6.31. The van der Waals surface area contributed by atoms with Crippen LogP contribution >= 0.6 is 11.8 Å². The Morgan fingerprint density at radius 3 is 2.68 bits per heavy atom. The molecule has 0 heterocycles. The molecule has 0 aliphatic carbocycles. The number of benzene rings is 1. The average molecular weight is 302 g/mol. The van der Waals surface area contributed by atoms with Gasteiger partial charge in [-0.3, -0.25) is 4.72 Å². The van der Waals surface area contributed by atoms with E-state index in [-0.39, 0.29) is 5.75 Å². The zero-order chi connectivity index (χ0) is 14.3. The van der Waals surface area contributed by atoms with Gasteiger partial charge in [0.15, 0.2) is 0 Å². The number of sulfonamides is 1. The summed E-state index contributed by atoms with van der Waals surface area (Å²) in [7, 11) is -3.26. The summed E-state index contributed by atoms with van der Waals surface area (Å²) in [6.45, 7) is 4.80. The van der Waals surface area contributed by atoms with E-state index in [1.807, 2.05) is 38.3 Å². The van der Waals surface area contributed by atoms with Gasteiger partial charge in [0, 0.05) is 16.6 Å². The molecule has 0 saturated heterocycles. The summed E-state index contributed by atoms with van der Waals surface area (Å²) in [5.41, 5.74) is 0.628. The fourth-order valence-corrected chi connectivity index (χ4v) is 3.14. The highest BCUT2D eigenvalue weighted by Gasteiger charge is 2.10. The van der Waals surface area contributed by atoms with Crippen LogP contribution in [-0.4, -0.2) is 33.0 Å². The fraction of sp³-hybridized carbons (Fsp3) is 0.538. The topological polar surface area (TPSA) is 58.2 Å². The van der Waals surface area contributed by atoms with Crippen LogP contribution in [0.1, 0.15) is 20.3 Å². The molecule has 0 bridgehead atoms. The third-order valence-electron chi connectivity index (χ3n) is 2.49. The van der Waals surface area contributed by atoms with Crippen molar-refractivity contribution in [1.29, 1.82) is 0 Å². The molecule has 0 unspecified atom stereocenters. The van der Waals surface area contributed by atoms with E-state index in [0.717, 1.165) is 4.90 Å². The largest absolute Gasteiger partial charge is 0.314 e. The molecule has 1 aromatic rings. The molecular formula is C13H22N2O2S2. The molecule has 0 amide bonds. The van der Waals surface area contributed by atoms with Crippen molar-refractivity contribution >= 4 is 27.5 Å². The van der Waals surface area contributed by atoms with Gasteiger partial charge in [0.2, 0.25) is 10.0 Å². The van der Waals surface area contributed by atoms with Gasteiger partial charge in [-0.25, -0.2) is 8.42 Å². The van der Waals surface area contributed by atoms with Crippen molar-refractivity contribution in [3.8, 4) is 0 Å². The minimum atomic E-state index is -3.26. The zero-order valence-electron chi connectivity index (χ0n) is 11.6. The number of rotatable bonds is 8. The molecule has 0 atom stereocenters. The van der Waals surface area contributed by atoms with Gasteiger partial charge in [0.1, 0.15) is 0 Å². The molecule has 0 fully saturated rings. The van der Waals surface area contributed by atoms with E-state index in [0.29, 0.717) is 24.7 Å². The van der Waals surface area contributed by atoms with Crippen molar-refractivity contribution in [1.82, 2.24) is 5.32 Å². The molecule has 0 saturated carbocycles. The Balaban J connectivity index is 2.49. The molecule has 19 heavy (non-hydrogen) atoms. The molecule has 0 aliphatic heterocycles. The van der Waals surface area contributed by atoms with Crippen LogP contribution in [0.15, 0.2) is 29.2 Å². The van der Waals surface area contributed by atoms with E-state index in [1.165, 1.54) is 0 Å². The Morgan fingerprint density at radius 1 is 1.32 bits per heavy atom. The standard InChI is InChI=1S/C13H22N2O2S2/c1-11(2)14-8-5-9-19(16,17)15-12-6-4-7-13(10-12)18-3/h4,6-7,10-11,14-15H,5,8-9H2,1-3H3. The van der Waals surface area contributed by atoms with E-state index in [4.69, 9.17) is 0 Å². The maximum absolute atomic E-state index is 11.9. The lowest BCUT2D eigenvalue weighted by Crippen LogP contribution is -2.26. The first-order chi connectivity index (χ1) is 8.93. The van der Waals surface area contributed by atoms with Crippen LogP contribution in [0.3, 0.4) is 0 Å². The van der Waals surface area contributed by atoms with E-state index < -0.39 is 10.0 Å². The number of thioether (sulfide) groups is 1. The highest BCUT2D eigenvalue weighted by molar-refractivity contribution is 7.98. The molecular weight excluding hydrogens is 280 g/mol. The lowest BCUT2D eigenvalue weighted by atomic mass is 10.3. The van der Waals surface area contributed by atoms with Gasteiger partial charge in [-0.05, 0) is 37.4 Å². The van der Waals surface area contributed by atoms with Crippen LogP contribution < -0.4 is 10.0 Å². The lowest BCUT2D eigenvalue weighted by Gasteiger charge is -2.10. The molecule has 1 aromatic carbocycles. The third kappa shape index (κ3) is 6.84. The number of hydrogen-bond donors (Lipinski definition) is 2. The Morgan fingerprint density at radius 2 is 2.05 bits per heavy atom. The fourth-order valence-electron chi connectivity index (χ4n) is 1.57. The van der Waals surface area contributed by atoms with E-state index in [9.17, 15) is 8.42 Å². The Bertz CT molecular complexity index is 487. The van der Waals surface area contributed by atoms with Gasteiger partial charge in [-0.2, -0.15) is 0 Å². The Hall–Kier alpha value is -0.720. The molecule has 0 aromatic heterocycles. The van der Waals surface area contributed by atoms with Crippen molar-refractivity contribution in [2.24, 2.45) is 0 Å². The van der Waals surface area contributed by atoms with Crippen molar-refractivity contribution < 1.29 is 8.42 Å². The minimum Gasteiger partial charge on any atom is -0.314 e. The van der Waals surface area contributed by atoms with Crippen LogP contribution in [-0.2, 0) is 10.0 Å². The van der Waals surface area contributed by atoms with Crippen molar-refractivity contribution in [2.45, 2.75) is 31.2 Å². The minimum absolute atomic E-state index is 0.135. The van der Waals surface area contributed by atoms with Crippen molar-refractivity contribution in [2.75, 3.05) is 23.3 Å². The quantitative estimate of drug-likeness (QED) is 0.572. The van der Waals surface area contributed by atoms with Gasteiger partial charge >= 0.3 is 0 Å². The average Bonchev–Trinajstić information content (AvgIpc) is 2.34. The molecule has 1 rings (SSSR count). The predicted octanol–water partition coefficient (Wildman–Crippen LogP) is 2.54. The highest BCUT2D eigenvalue weighted by Crippen LogP contribution is 2.19. The summed E-state index contributed by atoms with van der Waals surface area (Å²) in [6, 6.07) is 7.80. The van der Waals surface area contributed by atoms with E-state index in [1.54, 1.807) is 17.8 Å². The predicted molar refractivity (Wildman–Crippen MR) is 83.4 cm³/mol. The summed E-state index contributed by atoms with van der Waals surface area (Å²) < 4.78 is 26.4. The van der Waals surface area contributed by atoms with Crippen LogP contribution in [0.4, 0.5) is 5.69 Å². The highest BCUT2D eigenvalue weighted by atomic mass is 32.2. The van der Waals surface area contributed by atoms with Gasteiger partial charge < -0.3 is 5.32 Å². The van der Waals surface area contributed by atoms with Crippen molar-refractivity contribution in [3.63, 3.8) is 0 Å². The molecule has 0 radical (unpaired) electrons. The van der Waals surface area contributed by atoms with Crippen LogP contribution in [0.25, 0.3) is 0 Å². The number of hydrogen-bond acceptors (Lipinski definition) is 4. The summed E-state index contributed by atoms with van der Waals surface area (Å²) in [5, 5.41) is 3.20. The summed E-state index contributed by atoms with van der Waals surface area (Å²) in [5.74, 6) is 0.135. The van der Waals surface area contributed by atoms with Gasteiger partial charge in [-0.1, -0.05) is 19.9 Å². The second kappa shape index (κ2) is 7.77. The lowest BCUT2D eigenvalue weighted by molar-refractivity contribution is 0.571. The first kappa shape index (κ1) is 16.3. The van der Waals surface area contributed by atoms with Crippen LogP contribution in [0.5, 0.6) is 0 Å². The monoisotopic (exact) mass is 302 g/mol. The molecule has 6 heteroatoms. The molecule has 108 valence electrons. The van der Waals surface area contributed by atoms with E-state index >= 15 is 0 Å². The van der Waals surface area contributed by atoms with E-state index in [2.05, 4.69) is 10.0 Å². The molecule has 4 nitrogen and oxygen atoms in total. The first-order valence-corrected chi connectivity index (χ1v) is 9.18. The maximum Gasteiger partial charge on any atom is 0.232 e. The van der Waals surface area contributed by atoms with Crippen LogP contribution in [0.2, 0.25) is 0 Å². The Labute approximate surface area is 120 Å². The van der Waals surface area contributed by atoms with Gasteiger partial charge in [0.25, 0.3) is 0 Å². The van der Waals surface area contributed by atoms with Gasteiger partial charge in [-0.15, -0.1) is 11.8 Å². The maximum atomic E-state index is 11.9. The second-order valence-corrected chi connectivity index (χ2v) is 7.34. The third-order valence-corrected chi connectivity index (χ3v) is 4.58. The smallest absolute Gasteiger partial charge is 0.232 e. The number of anilines is 1. The number of nitrogens with one attached hydrogen (secondary N) is 2. The van der Waals surface area contributed by atoms with Crippen LogP contribution in [0, 0.1) is 0 Å². The van der Waals surface area contributed by atoms with Crippen molar-refractivity contribution in [3.05, 3.63) is 24.3 Å². The normalized spacial score (nSPS) is 11.8.